The number of aliphatic imine (C=N–C) groups is 1. The first-order valence-electron chi connectivity index (χ1n) is 8.52. The van der Waals surface area contributed by atoms with E-state index < -0.39 is 0 Å². The summed E-state index contributed by atoms with van der Waals surface area (Å²) in [4.78, 5) is 16.5. The second kappa shape index (κ2) is 12.0. The highest BCUT2D eigenvalue weighted by Crippen LogP contribution is 2.25. The number of guanidine groups is 1. The normalized spacial score (nSPS) is 10.9. The molecule has 2 rings (SSSR count). The first-order chi connectivity index (χ1) is 12.9. The molecule has 0 radical (unpaired) electrons. The van der Waals surface area contributed by atoms with E-state index in [1.54, 1.807) is 28.8 Å². The zero-order valence-electron chi connectivity index (χ0n) is 15.6. The van der Waals surface area contributed by atoms with Gasteiger partial charge in [0, 0.05) is 32.4 Å². The summed E-state index contributed by atoms with van der Waals surface area (Å²) in [5.41, 5.74) is 1.13. The third-order valence-corrected chi connectivity index (χ3v) is 4.65. The summed E-state index contributed by atoms with van der Waals surface area (Å²) in [7, 11) is 1.83. The van der Waals surface area contributed by atoms with E-state index in [1.165, 1.54) is 6.07 Å². The van der Waals surface area contributed by atoms with Crippen molar-refractivity contribution in [2.45, 2.75) is 13.5 Å². The molecule has 0 saturated carbocycles. The molecule has 0 aliphatic rings. The molecule has 28 heavy (non-hydrogen) atoms. The molecular formula is C18H24Cl2IN5O2. The van der Waals surface area contributed by atoms with Crippen molar-refractivity contribution in [1.29, 1.82) is 0 Å². The minimum atomic E-state index is -0.329. The van der Waals surface area contributed by atoms with Crippen LogP contribution in [0.5, 0.6) is 5.75 Å². The van der Waals surface area contributed by atoms with Crippen molar-refractivity contribution in [1.82, 2.24) is 20.5 Å². The molecule has 0 aliphatic heterocycles. The van der Waals surface area contributed by atoms with Crippen molar-refractivity contribution in [3.05, 3.63) is 51.8 Å². The topological polar surface area (TPSA) is 90.7 Å². The first kappa shape index (κ1) is 24.4. The number of halogens is 3. The Morgan fingerprint density at radius 1 is 1.18 bits per heavy atom. The largest absolute Gasteiger partial charge is 0.507 e. The molecule has 1 amide bonds. The van der Waals surface area contributed by atoms with Gasteiger partial charge in [-0.05, 0) is 25.1 Å². The lowest BCUT2D eigenvalue weighted by Crippen LogP contribution is -2.41. The van der Waals surface area contributed by atoms with Crippen LogP contribution in [0.25, 0.3) is 0 Å². The molecule has 154 valence electrons. The number of phenolic OH excluding ortho intramolecular Hbond substituents is 1. The zero-order chi connectivity index (χ0) is 19.8. The van der Waals surface area contributed by atoms with Gasteiger partial charge in [0.1, 0.15) is 10.9 Å². The molecule has 7 nitrogen and oxygen atoms in total. The van der Waals surface area contributed by atoms with Gasteiger partial charge in [-0.15, -0.1) is 24.0 Å². The van der Waals surface area contributed by atoms with Crippen LogP contribution in [-0.2, 0) is 13.6 Å². The van der Waals surface area contributed by atoms with Crippen LogP contribution in [-0.4, -0.2) is 41.2 Å². The summed E-state index contributed by atoms with van der Waals surface area (Å²) < 4.78 is 1.78. The van der Waals surface area contributed by atoms with E-state index in [0.717, 1.165) is 5.69 Å². The predicted molar refractivity (Wildman–Crippen MR) is 124 cm³/mol. The third-order valence-electron chi connectivity index (χ3n) is 3.81. The van der Waals surface area contributed by atoms with E-state index in [9.17, 15) is 9.90 Å². The number of para-hydroxylation sites is 1. The minimum Gasteiger partial charge on any atom is -0.507 e. The van der Waals surface area contributed by atoms with Gasteiger partial charge in [0.25, 0.3) is 5.91 Å². The van der Waals surface area contributed by atoms with E-state index in [0.29, 0.717) is 42.3 Å². The molecule has 0 unspecified atom stereocenters. The monoisotopic (exact) mass is 539 g/mol. The second-order valence-corrected chi connectivity index (χ2v) is 6.49. The van der Waals surface area contributed by atoms with Crippen LogP contribution in [0.1, 0.15) is 23.0 Å². The van der Waals surface area contributed by atoms with Crippen molar-refractivity contribution in [3.8, 4) is 5.75 Å². The van der Waals surface area contributed by atoms with Gasteiger partial charge in [-0.2, -0.15) is 0 Å². The van der Waals surface area contributed by atoms with Crippen molar-refractivity contribution < 1.29 is 9.90 Å². The van der Waals surface area contributed by atoms with E-state index >= 15 is 0 Å². The number of benzene rings is 1. The standard InChI is InChI=1S/C18H23Cl2N5O2.HI/c1-3-21-18(24-11-12-10-14(19)16(20)25(12)2)23-9-8-22-17(27)13-6-4-5-7-15(13)26;/h4-7,10,26H,3,8-9,11H2,1-2H3,(H,22,27)(H2,21,23,24);1H. The maximum atomic E-state index is 12.0. The van der Waals surface area contributed by atoms with Gasteiger partial charge in [-0.3, -0.25) is 4.79 Å². The fourth-order valence-electron chi connectivity index (χ4n) is 2.36. The molecule has 0 atom stereocenters. The highest BCUT2D eigenvalue weighted by Gasteiger charge is 2.10. The fraction of sp³-hybridized carbons (Fsp3) is 0.333. The summed E-state index contributed by atoms with van der Waals surface area (Å²) in [5, 5.41) is 19.7. The Balaban J connectivity index is 0.00000392. The van der Waals surface area contributed by atoms with Crippen LogP contribution in [0.4, 0.5) is 0 Å². The van der Waals surface area contributed by atoms with Gasteiger partial charge in [0.2, 0.25) is 0 Å². The van der Waals surface area contributed by atoms with Crippen molar-refractivity contribution >= 4 is 59.0 Å². The molecule has 4 N–H and O–H groups in total. The number of hydrogen-bond acceptors (Lipinski definition) is 3. The predicted octanol–water partition coefficient (Wildman–Crippen LogP) is 3.14. The van der Waals surface area contributed by atoms with Gasteiger partial charge in [-0.25, -0.2) is 4.99 Å². The van der Waals surface area contributed by atoms with Crippen LogP contribution < -0.4 is 16.0 Å². The van der Waals surface area contributed by atoms with Crippen molar-refractivity contribution in [3.63, 3.8) is 0 Å². The average Bonchev–Trinajstić information content (AvgIpc) is 2.90. The number of aromatic hydroxyl groups is 1. The van der Waals surface area contributed by atoms with Gasteiger partial charge in [-0.1, -0.05) is 35.3 Å². The fourth-order valence-corrected chi connectivity index (χ4v) is 2.78. The number of rotatable bonds is 7. The minimum absolute atomic E-state index is 0. The number of amides is 1. The quantitative estimate of drug-likeness (QED) is 0.188. The van der Waals surface area contributed by atoms with Gasteiger partial charge < -0.3 is 25.6 Å². The molecule has 10 heteroatoms. The molecule has 0 spiro atoms. The lowest BCUT2D eigenvalue weighted by atomic mass is 10.2. The van der Waals surface area contributed by atoms with E-state index in [2.05, 4.69) is 20.9 Å². The molecular weight excluding hydrogens is 516 g/mol. The van der Waals surface area contributed by atoms with E-state index in [1.807, 2.05) is 14.0 Å². The van der Waals surface area contributed by atoms with Gasteiger partial charge in [0.15, 0.2) is 5.96 Å². The highest BCUT2D eigenvalue weighted by atomic mass is 127. The lowest BCUT2D eigenvalue weighted by Gasteiger charge is -2.12. The van der Waals surface area contributed by atoms with Crippen LogP contribution in [0, 0.1) is 0 Å². The molecule has 1 aromatic heterocycles. The molecule has 0 bridgehead atoms. The van der Waals surface area contributed by atoms with Crippen LogP contribution in [0.15, 0.2) is 35.3 Å². The van der Waals surface area contributed by atoms with Gasteiger partial charge in [0.05, 0.1) is 17.1 Å². The van der Waals surface area contributed by atoms with Crippen LogP contribution in [0.2, 0.25) is 10.2 Å². The Kier molecular flexibility index (Phi) is 10.5. The molecule has 0 saturated heterocycles. The van der Waals surface area contributed by atoms with Crippen LogP contribution in [0.3, 0.4) is 0 Å². The summed E-state index contributed by atoms with van der Waals surface area (Å²) in [5.74, 6) is 0.241. The molecule has 2 aromatic rings. The Labute approximate surface area is 191 Å². The SMILES string of the molecule is CCNC(=NCc1cc(Cl)c(Cl)n1C)NCCNC(=O)c1ccccc1O.I. The Hall–Kier alpha value is -1.65. The van der Waals surface area contributed by atoms with E-state index in [-0.39, 0.29) is 41.2 Å². The zero-order valence-corrected chi connectivity index (χ0v) is 19.5. The van der Waals surface area contributed by atoms with Gasteiger partial charge >= 0.3 is 0 Å². The maximum absolute atomic E-state index is 12.0. The molecule has 0 fully saturated rings. The lowest BCUT2D eigenvalue weighted by molar-refractivity contribution is 0.0951. The van der Waals surface area contributed by atoms with Crippen molar-refractivity contribution in [2.24, 2.45) is 12.0 Å². The number of carbonyl (C=O) groups is 1. The van der Waals surface area contributed by atoms with Crippen LogP contribution >= 0.6 is 47.2 Å². The second-order valence-electron chi connectivity index (χ2n) is 5.73. The number of aromatic nitrogens is 1. The number of nitrogens with one attached hydrogen (secondary N) is 3. The summed E-state index contributed by atoms with van der Waals surface area (Å²) in [6, 6.07) is 8.19. The Bertz CT molecular complexity index is 826. The molecule has 0 aliphatic carbocycles. The first-order valence-corrected chi connectivity index (χ1v) is 9.27. The van der Waals surface area contributed by atoms with Crippen molar-refractivity contribution in [2.75, 3.05) is 19.6 Å². The highest BCUT2D eigenvalue weighted by molar-refractivity contribution is 14.0. The van der Waals surface area contributed by atoms with E-state index in [4.69, 9.17) is 23.2 Å². The Morgan fingerprint density at radius 2 is 1.86 bits per heavy atom. The summed E-state index contributed by atoms with van der Waals surface area (Å²) in [6.45, 7) is 3.92. The average molecular weight is 540 g/mol. The smallest absolute Gasteiger partial charge is 0.255 e. The molecule has 1 heterocycles. The Morgan fingerprint density at radius 3 is 2.46 bits per heavy atom. The summed E-state index contributed by atoms with van der Waals surface area (Å²) >= 11 is 12.1. The summed E-state index contributed by atoms with van der Waals surface area (Å²) in [6.07, 6.45) is 0. The third kappa shape index (κ3) is 6.75. The number of nitrogens with zero attached hydrogens (tertiary/aromatic N) is 2. The number of hydrogen-bond donors (Lipinski definition) is 4. The number of phenols is 1. The molecule has 1 aromatic carbocycles. The maximum Gasteiger partial charge on any atom is 0.255 e. The number of carbonyl (C=O) groups excluding carboxylic acids is 1.